The smallest absolute Gasteiger partial charge is 0.0943 e. The summed E-state index contributed by atoms with van der Waals surface area (Å²) in [5.41, 5.74) is 2.39. The van der Waals surface area contributed by atoms with Crippen LogP contribution in [0.1, 0.15) is 21.1 Å². The summed E-state index contributed by atoms with van der Waals surface area (Å²) in [6.45, 7) is 6.02. The lowest BCUT2D eigenvalue weighted by Crippen LogP contribution is -2.16. The van der Waals surface area contributed by atoms with Gasteiger partial charge in [-0.2, -0.15) is 0 Å². The molecule has 0 fully saturated rings. The summed E-state index contributed by atoms with van der Waals surface area (Å²) in [4.78, 5) is 9.93. The van der Waals surface area contributed by atoms with Crippen LogP contribution in [0.5, 0.6) is 0 Å². The maximum Gasteiger partial charge on any atom is 0.0943 e. The van der Waals surface area contributed by atoms with Crippen molar-refractivity contribution in [3.8, 4) is 0 Å². The summed E-state index contributed by atoms with van der Waals surface area (Å²) >= 11 is 1.80. The van der Waals surface area contributed by atoms with Gasteiger partial charge in [-0.1, -0.05) is 6.07 Å². The fourth-order valence-electron chi connectivity index (χ4n) is 1.58. The molecule has 4 heteroatoms. The SMILES string of the molecule is Cc1nc(CCNCc2cccnc2)sc1C. The monoisotopic (exact) mass is 247 g/mol. The number of nitrogens with zero attached hydrogens (tertiary/aromatic N) is 2. The highest BCUT2D eigenvalue weighted by Gasteiger charge is 2.02. The van der Waals surface area contributed by atoms with Crippen LogP contribution in [-0.4, -0.2) is 16.5 Å². The van der Waals surface area contributed by atoms with Crippen LogP contribution in [0.2, 0.25) is 0 Å². The number of thiazole rings is 1. The van der Waals surface area contributed by atoms with Crippen LogP contribution in [0.3, 0.4) is 0 Å². The maximum atomic E-state index is 4.52. The highest BCUT2D eigenvalue weighted by atomic mass is 32.1. The van der Waals surface area contributed by atoms with E-state index < -0.39 is 0 Å². The van der Waals surface area contributed by atoms with Gasteiger partial charge in [0.1, 0.15) is 0 Å². The zero-order valence-electron chi connectivity index (χ0n) is 10.2. The van der Waals surface area contributed by atoms with E-state index in [1.807, 2.05) is 12.3 Å². The molecule has 0 aliphatic rings. The molecule has 2 heterocycles. The van der Waals surface area contributed by atoms with Crippen molar-refractivity contribution >= 4 is 11.3 Å². The van der Waals surface area contributed by atoms with Crippen LogP contribution in [0, 0.1) is 13.8 Å². The van der Waals surface area contributed by atoms with Crippen LogP contribution >= 0.6 is 11.3 Å². The second-order valence-electron chi connectivity index (χ2n) is 4.04. The van der Waals surface area contributed by atoms with Gasteiger partial charge >= 0.3 is 0 Å². The first-order chi connectivity index (χ1) is 8.25. The Morgan fingerprint density at radius 2 is 2.24 bits per heavy atom. The molecule has 2 rings (SSSR count). The van der Waals surface area contributed by atoms with Crippen LogP contribution < -0.4 is 5.32 Å². The van der Waals surface area contributed by atoms with E-state index in [4.69, 9.17) is 0 Å². The maximum absolute atomic E-state index is 4.52. The molecule has 1 N–H and O–H groups in total. The van der Waals surface area contributed by atoms with E-state index in [-0.39, 0.29) is 0 Å². The van der Waals surface area contributed by atoms with Gasteiger partial charge in [0.25, 0.3) is 0 Å². The van der Waals surface area contributed by atoms with E-state index >= 15 is 0 Å². The lowest BCUT2D eigenvalue weighted by molar-refractivity contribution is 0.683. The molecule has 0 atom stereocenters. The molecule has 0 bridgehead atoms. The third-order valence-electron chi connectivity index (χ3n) is 2.64. The van der Waals surface area contributed by atoms with Gasteiger partial charge in [0.15, 0.2) is 0 Å². The quantitative estimate of drug-likeness (QED) is 0.825. The van der Waals surface area contributed by atoms with Crippen LogP contribution in [0.15, 0.2) is 24.5 Å². The average Bonchev–Trinajstić information content (AvgIpc) is 2.66. The predicted molar refractivity (Wildman–Crippen MR) is 71.2 cm³/mol. The van der Waals surface area contributed by atoms with Crippen molar-refractivity contribution in [3.05, 3.63) is 45.7 Å². The minimum atomic E-state index is 0.872. The van der Waals surface area contributed by atoms with Gasteiger partial charge in [-0.25, -0.2) is 4.98 Å². The van der Waals surface area contributed by atoms with Crippen molar-refractivity contribution in [1.82, 2.24) is 15.3 Å². The lowest BCUT2D eigenvalue weighted by atomic mass is 10.3. The van der Waals surface area contributed by atoms with Gasteiger partial charge in [0, 0.05) is 36.8 Å². The summed E-state index contributed by atoms with van der Waals surface area (Å²) in [6.07, 6.45) is 4.69. The standard InChI is InChI=1S/C13H17N3S/c1-10-11(2)17-13(16-10)5-7-15-9-12-4-3-6-14-8-12/h3-4,6,8,15H,5,7,9H2,1-2H3. The number of aromatic nitrogens is 2. The molecule has 2 aromatic heterocycles. The first-order valence-corrected chi connectivity index (χ1v) is 6.60. The zero-order chi connectivity index (χ0) is 12.1. The molecule has 2 aromatic rings. The minimum Gasteiger partial charge on any atom is -0.312 e. The molecule has 0 aliphatic carbocycles. The minimum absolute atomic E-state index is 0.872. The van der Waals surface area contributed by atoms with Gasteiger partial charge in [0.2, 0.25) is 0 Å². The van der Waals surface area contributed by atoms with E-state index in [1.165, 1.54) is 15.4 Å². The number of rotatable bonds is 5. The second-order valence-corrected chi connectivity index (χ2v) is 5.32. The third kappa shape index (κ3) is 3.61. The number of hydrogen-bond acceptors (Lipinski definition) is 4. The Balaban J connectivity index is 1.73. The van der Waals surface area contributed by atoms with Gasteiger partial charge in [-0.3, -0.25) is 4.98 Å². The molecule has 0 amide bonds. The summed E-state index contributed by atoms with van der Waals surface area (Å²) in [5, 5.41) is 4.63. The Morgan fingerprint density at radius 3 is 2.88 bits per heavy atom. The van der Waals surface area contributed by atoms with Crippen molar-refractivity contribution in [1.29, 1.82) is 0 Å². The Bertz CT molecular complexity index is 445. The summed E-state index contributed by atoms with van der Waals surface area (Å²) in [7, 11) is 0. The summed E-state index contributed by atoms with van der Waals surface area (Å²) < 4.78 is 0. The molecule has 0 radical (unpaired) electrons. The molecular formula is C13H17N3S. The number of nitrogens with one attached hydrogen (secondary N) is 1. The molecule has 0 aromatic carbocycles. The Hall–Kier alpha value is -1.26. The van der Waals surface area contributed by atoms with Crippen molar-refractivity contribution < 1.29 is 0 Å². The van der Waals surface area contributed by atoms with Crippen LogP contribution in [-0.2, 0) is 13.0 Å². The fraction of sp³-hybridized carbons (Fsp3) is 0.385. The number of hydrogen-bond donors (Lipinski definition) is 1. The van der Waals surface area contributed by atoms with E-state index in [1.54, 1.807) is 17.5 Å². The van der Waals surface area contributed by atoms with E-state index in [9.17, 15) is 0 Å². The predicted octanol–water partition coefficient (Wildman–Crippen LogP) is 2.49. The molecule has 0 saturated carbocycles. The Kier molecular flexibility index (Phi) is 4.23. The Labute approximate surface area is 106 Å². The average molecular weight is 247 g/mol. The van der Waals surface area contributed by atoms with Gasteiger partial charge in [0.05, 0.1) is 10.7 Å². The zero-order valence-corrected chi connectivity index (χ0v) is 11.0. The van der Waals surface area contributed by atoms with Gasteiger partial charge in [-0.05, 0) is 25.5 Å². The van der Waals surface area contributed by atoms with Crippen LogP contribution in [0.25, 0.3) is 0 Å². The van der Waals surface area contributed by atoms with Crippen molar-refractivity contribution in [2.24, 2.45) is 0 Å². The van der Waals surface area contributed by atoms with E-state index in [0.29, 0.717) is 0 Å². The largest absolute Gasteiger partial charge is 0.312 e. The lowest BCUT2D eigenvalue weighted by Gasteiger charge is -2.02. The first kappa shape index (κ1) is 12.2. The molecule has 17 heavy (non-hydrogen) atoms. The molecular weight excluding hydrogens is 230 g/mol. The molecule has 90 valence electrons. The second kappa shape index (κ2) is 5.89. The van der Waals surface area contributed by atoms with Crippen LogP contribution in [0.4, 0.5) is 0 Å². The number of pyridine rings is 1. The molecule has 0 saturated heterocycles. The Morgan fingerprint density at radius 1 is 1.35 bits per heavy atom. The molecule has 3 nitrogen and oxygen atoms in total. The molecule has 0 spiro atoms. The van der Waals surface area contributed by atoms with Gasteiger partial charge in [-0.15, -0.1) is 11.3 Å². The highest BCUT2D eigenvalue weighted by Crippen LogP contribution is 2.16. The van der Waals surface area contributed by atoms with E-state index in [2.05, 4.69) is 35.2 Å². The topological polar surface area (TPSA) is 37.8 Å². The normalized spacial score (nSPS) is 10.7. The van der Waals surface area contributed by atoms with E-state index in [0.717, 1.165) is 25.2 Å². The molecule has 0 unspecified atom stereocenters. The fourth-order valence-corrected chi connectivity index (χ4v) is 2.51. The third-order valence-corrected chi connectivity index (χ3v) is 3.77. The van der Waals surface area contributed by atoms with Gasteiger partial charge < -0.3 is 5.32 Å². The van der Waals surface area contributed by atoms with Crippen molar-refractivity contribution in [2.75, 3.05) is 6.54 Å². The summed E-state index contributed by atoms with van der Waals surface area (Å²) in [6, 6.07) is 4.04. The first-order valence-electron chi connectivity index (χ1n) is 5.78. The van der Waals surface area contributed by atoms with Crippen molar-refractivity contribution in [2.45, 2.75) is 26.8 Å². The highest BCUT2D eigenvalue weighted by molar-refractivity contribution is 7.11. The summed E-state index contributed by atoms with van der Waals surface area (Å²) in [5.74, 6) is 0. The van der Waals surface area contributed by atoms with Crippen molar-refractivity contribution in [3.63, 3.8) is 0 Å². The number of aryl methyl sites for hydroxylation is 2. The molecule has 0 aliphatic heterocycles.